The minimum absolute atomic E-state index is 0.242. The summed E-state index contributed by atoms with van der Waals surface area (Å²) in [7, 11) is 0. The smallest absolute Gasteiger partial charge is 0.302 e. The van der Waals surface area contributed by atoms with Gasteiger partial charge in [0.25, 0.3) is 0 Å². The first-order valence-electron chi connectivity index (χ1n) is 5.20. The Bertz CT molecular complexity index is 397. The molecule has 0 atom stereocenters. The summed E-state index contributed by atoms with van der Waals surface area (Å²) in [6.45, 7) is 3.85. The van der Waals surface area contributed by atoms with E-state index >= 15 is 0 Å². The predicted octanol–water partition coefficient (Wildman–Crippen LogP) is 3.81. The molecule has 0 unspecified atom stereocenters. The van der Waals surface area contributed by atoms with Gasteiger partial charge in [-0.2, -0.15) is 0 Å². The largest absolute Gasteiger partial charge is 0.461 e. The summed E-state index contributed by atoms with van der Waals surface area (Å²) in [5, 5.41) is 0. The van der Waals surface area contributed by atoms with Crippen molar-refractivity contribution in [3.8, 4) is 0 Å². The van der Waals surface area contributed by atoms with Crippen LogP contribution in [0.4, 0.5) is 0 Å². The summed E-state index contributed by atoms with van der Waals surface area (Å²) in [5.74, 6) is -0.242. The molecule has 0 heterocycles. The molecule has 16 heavy (non-hydrogen) atoms. The molecular formula is C13H15BrO2. The van der Waals surface area contributed by atoms with Gasteiger partial charge >= 0.3 is 5.97 Å². The van der Waals surface area contributed by atoms with Crippen LogP contribution >= 0.6 is 15.9 Å². The van der Waals surface area contributed by atoms with E-state index in [1.165, 1.54) is 6.92 Å². The summed E-state index contributed by atoms with van der Waals surface area (Å²) < 4.78 is 6.02. The molecule has 0 spiro atoms. The van der Waals surface area contributed by atoms with Gasteiger partial charge in [0, 0.05) is 11.4 Å². The second-order valence-electron chi connectivity index (χ2n) is 3.49. The monoisotopic (exact) mass is 282 g/mol. The lowest BCUT2D eigenvalue weighted by atomic mass is 10.1. The van der Waals surface area contributed by atoms with E-state index in [9.17, 15) is 4.79 Å². The molecule has 1 aromatic rings. The summed E-state index contributed by atoms with van der Waals surface area (Å²) in [5.41, 5.74) is 2.21. The molecule has 1 rings (SSSR count). The highest BCUT2D eigenvalue weighted by Crippen LogP contribution is 2.15. The van der Waals surface area contributed by atoms with Crippen LogP contribution in [0.3, 0.4) is 0 Å². The first-order chi connectivity index (χ1) is 7.61. The van der Waals surface area contributed by atoms with E-state index in [0.717, 1.165) is 22.0 Å². The number of carbonyl (C=O) groups is 1. The molecule has 0 bridgehead atoms. The van der Waals surface area contributed by atoms with Crippen molar-refractivity contribution < 1.29 is 9.53 Å². The lowest BCUT2D eigenvalue weighted by molar-refractivity contribution is -0.139. The highest BCUT2D eigenvalue weighted by Gasteiger charge is 1.99. The third kappa shape index (κ3) is 4.62. The van der Waals surface area contributed by atoms with Gasteiger partial charge < -0.3 is 4.74 Å². The summed E-state index contributed by atoms with van der Waals surface area (Å²) in [6.07, 6.45) is 2.92. The first-order valence-corrected chi connectivity index (χ1v) is 5.99. The number of benzene rings is 1. The SMILES string of the molecule is CCC(=Cc1cccc(Br)c1)COC(C)=O. The number of halogens is 1. The molecule has 1 aromatic carbocycles. The Kier molecular flexibility index (Phi) is 5.26. The van der Waals surface area contributed by atoms with E-state index in [1.54, 1.807) is 0 Å². The fourth-order valence-electron chi connectivity index (χ4n) is 1.27. The van der Waals surface area contributed by atoms with E-state index in [2.05, 4.69) is 15.9 Å². The van der Waals surface area contributed by atoms with Crippen LogP contribution in [0.15, 0.2) is 34.3 Å². The van der Waals surface area contributed by atoms with Gasteiger partial charge in [-0.3, -0.25) is 4.79 Å². The molecule has 86 valence electrons. The second kappa shape index (κ2) is 6.48. The Labute approximate surface area is 104 Å². The lowest BCUT2D eigenvalue weighted by Crippen LogP contribution is -2.02. The van der Waals surface area contributed by atoms with E-state index in [4.69, 9.17) is 4.74 Å². The highest BCUT2D eigenvalue weighted by molar-refractivity contribution is 9.10. The van der Waals surface area contributed by atoms with Gasteiger partial charge in [0.05, 0.1) is 0 Å². The van der Waals surface area contributed by atoms with Crippen LogP contribution in [0.5, 0.6) is 0 Å². The van der Waals surface area contributed by atoms with Crippen LogP contribution in [0.1, 0.15) is 25.8 Å². The summed E-state index contributed by atoms with van der Waals surface area (Å²) in [6, 6.07) is 8.02. The number of esters is 1. The van der Waals surface area contributed by atoms with Crippen LogP contribution < -0.4 is 0 Å². The number of rotatable bonds is 4. The number of hydrogen-bond donors (Lipinski definition) is 0. The maximum absolute atomic E-state index is 10.7. The summed E-state index contributed by atoms with van der Waals surface area (Å²) >= 11 is 3.42. The van der Waals surface area contributed by atoms with Gasteiger partial charge in [-0.1, -0.05) is 41.1 Å². The predicted molar refractivity (Wildman–Crippen MR) is 69.0 cm³/mol. The number of carbonyl (C=O) groups excluding carboxylic acids is 1. The molecule has 0 aliphatic heterocycles. The van der Waals surface area contributed by atoms with Crippen molar-refractivity contribution in [2.24, 2.45) is 0 Å². The Morgan fingerprint density at radius 3 is 2.81 bits per heavy atom. The zero-order valence-electron chi connectivity index (χ0n) is 9.50. The van der Waals surface area contributed by atoms with Gasteiger partial charge in [-0.25, -0.2) is 0 Å². The highest BCUT2D eigenvalue weighted by atomic mass is 79.9. The van der Waals surface area contributed by atoms with E-state index in [0.29, 0.717) is 6.61 Å². The van der Waals surface area contributed by atoms with Crippen LogP contribution in [0.25, 0.3) is 6.08 Å². The third-order valence-corrected chi connectivity index (χ3v) is 2.63. The zero-order valence-corrected chi connectivity index (χ0v) is 11.1. The Hall–Kier alpha value is -1.09. The third-order valence-electron chi connectivity index (χ3n) is 2.13. The van der Waals surface area contributed by atoms with Crippen LogP contribution in [-0.4, -0.2) is 12.6 Å². The van der Waals surface area contributed by atoms with E-state index in [-0.39, 0.29) is 5.97 Å². The van der Waals surface area contributed by atoms with Crippen molar-refractivity contribution in [3.63, 3.8) is 0 Å². The van der Waals surface area contributed by atoms with Crippen molar-refractivity contribution >= 4 is 28.0 Å². The molecule has 0 aromatic heterocycles. The van der Waals surface area contributed by atoms with Crippen molar-refractivity contribution in [2.45, 2.75) is 20.3 Å². The molecule has 0 aliphatic rings. The number of ether oxygens (including phenoxy) is 1. The maximum atomic E-state index is 10.7. The Morgan fingerprint density at radius 1 is 1.50 bits per heavy atom. The fourth-order valence-corrected chi connectivity index (χ4v) is 1.69. The molecular weight excluding hydrogens is 268 g/mol. The van der Waals surface area contributed by atoms with Crippen molar-refractivity contribution in [3.05, 3.63) is 39.9 Å². The maximum Gasteiger partial charge on any atom is 0.302 e. The Balaban J connectivity index is 2.75. The van der Waals surface area contributed by atoms with Gasteiger partial charge in [-0.05, 0) is 29.7 Å². The lowest BCUT2D eigenvalue weighted by Gasteiger charge is -2.05. The fraction of sp³-hybridized carbons (Fsp3) is 0.308. The molecule has 2 nitrogen and oxygen atoms in total. The second-order valence-corrected chi connectivity index (χ2v) is 4.41. The van der Waals surface area contributed by atoms with Gasteiger partial charge in [0.2, 0.25) is 0 Å². The molecule has 0 saturated carbocycles. The molecule has 0 saturated heterocycles. The normalized spacial score (nSPS) is 11.3. The van der Waals surface area contributed by atoms with Crippen molar-refractivity contribution in [1.29, 1.82) is 0 Å². The molecule has 0 amide bonds. The molecule has 0 fully saturated rings. The minimum atomic E-state index is -0.242. The van der Waals surface area contributed by atoms with Gasteiger partial charge in [-0.15, -0.1) is 0 Å². The van der Waals surface area contributed by atoms with Crippen LogP contribution in [0.2, 0.25) is 0 Å². The first kappa shape index (κ1) is 13.0. The summed E-state index contributed by atoms with van der Waals surface area (Å²) in [4.78, 5) is 10.7. The standard InChI is InChI=1S/C13H15BrO2/c1-3-11(9-16-10(2)15)7-12-5-4-6-13(14)8-12/h4-8H,3,9H2,1-2H3. The van der Waals surface area contributed by atoms with Crippen LogP contribution in [0, 0.1) is 0 Å². The van der Waals surface area contributed by atoms with E-state index < -0.39 is 0 Å². The quantitative estimate of drug-likeness (QED) is 0.785. The average molecular weight is 283 g/mol. The Morgan fingerprint density at radius 2 is 2.25 bits per heavy atom. The van der Waals surface area contributed by atoms with Crippen molar-refractivity contribution in [1.82, 2.24) is 0 Å². The number of hydrogen-bond acceptors (Lipinski definition) is 2. The zero-order chi connectivity index (χ0) is 12.0. The van der Waals surface area contributed by atoms with Gasteiger partial charge in [0.15, 0.2) is 0 Å². The minimum Gasteiger partial charge on any atom is -0.461 e. The van der Waals surface area contributed by atoms with Crippen molar-refractivity contribution in [2.75, 3.05) is 6.61 Å². The molecule has 0 N–H and O–H groups in total. The molecule has 0 aliphatic carbocycles. The van der Waals surface area contributed by atoms with Crippen LogP contribution in [-0.2, 0) is 9.53 Å². The topological polar surface area (TPSA) is 26.3 Å². The average Bonchev–Trinajstić information content (AvgIpc) is 2.24. The van der Waals surface area contributed by atoms with E-state index in [1.807, 2.05) is 37.3 Å². The molecule has 0 radical (unpaired) electrons. The molecule has 3 heteroatoms. The van der Waals surface area contributed by atoms with Gasteiger partial charge in [0.1, 0.15) is 6.61 Å².